The van der Waals surface area contributed by atoms with Crippen LogP contribution in [0, 0.1) is 0 Å². The van der Waals surface area contributed by atoms with E-state index in [9.17, 15) is 0 Å². The van der Waals surface area contributed by atoms with Crippen LogP contribution >= 0.6 is 0 Å². The number of benzene rings is 1. The Bertz CT molecular complexity index is 338. The van der Waals surface area contributed by atoms with Gasteiger partial charge in [0.25, 0.3) is 0 Å². The van der Waals surface area contributed by atoms with Gasteiger partial charge in [-0.25, -0.2) is 0 Å². The molecule has 2 atom stereocenters. The van der Waals surface area contributed by atoms with Gasteiger partial charge >= 0.3 is 0 Å². The van der Waals surface area contributed by atoms with Crippen LogP contribution in [0.4, 0.5) is 0 Å². The van der Waals surface area contributed by atoms with Crippen molar-refractivity contribution < 1.29 is 4.74 Å². The predicted molar refractivity (Wildman–Crippen MR) is 78.1 cm³/mol. The highest BCUT2D eigenvalue weighted by Gasteiger charge is 2.07. The maximum Gasteiger partial charge on any atom is 0.120 e. The highest BCUT2D eigenvalue weighted by Crippen LogP contribution is 2.20. The zero-order chi connectivity index (χ0) is 13.4. The van der Waals surface area contributed by atoms with Crippen LogP contribution in [0.15, 0.2) is 24.3 Å². The first-order valence-electron chi connectivity index (χ1n) is 7.17. The lowest BCUT2D eigenvalue weighted by Gasteiger charge is -2.17. The van der Waals surface area contributed by atoms with E-state index >= 15 is 0 Å². The van der Waals surface area contributed by atoms with Crippen molar-refractivity contribution >= 4 is 0 Å². The van der Waals surface area contributed by atoms with Gasteiger partial charge < -0.3 is 10.1 Å². The predicted octanol–water partition coefficient (Wildman–Crippen LogP) is 4.31. The molecule has 0 aliphatic rings. The average Bonchev–Trinajstić information content (AvgIpc) is 2.39. The van der Waals surface area contributed by atoms with Crippen LogP contribution in [-0.4, -0.2) is 12.6 Å². The fourth-order valence-electron chi connectivity index (χ4n) is 1.79. The SMILES string of the molecule is CCCCN[C@@H](C)c1cccc(O[C@@H](C)CC)c1. The van der Waals surface area contributed by atoms with Crippen LogP contribution in [0.1, 0.15) is 58.6 Å². The monoisotopic (exact) mass is 249 g/mol. The topological polar surface area (TPSA) is 21.3 Å². The Hall–Kier alpha value is -1.02. The number of ether oxygens (including phenoxy) is 1. The van der Waals surface area contributed by atoms with Crippen LogP contribution in [0.3, 0.4) is 0 Å². The molecule has 2 heteroatoms. The van der Waals surface area contributed by atoms with Crippen molar-refractivity contribution in [3.63, 3.8) is 0 Å². The molecule has 2 nitrogen and oxygen atoms in total. The Morgan fingerprint density at radius 1 is 1.22 bits per heavy atom. The van der Waals surface area contributed by atoms with Crippen LogP contribution < -0.4 is 10.1 Å². The number of unbranched alkanes of at least 4 members (excludes halogenated alkanes) is 1. The van der Waals surface area contributed by atoms with Crippen LogP contribution in [0.25, 0.3) is 0 Å². The van der Waals surface area contributed by atoms with Gasteiger partial charge in [-0.3, -0.25) is 0 Å². The van der Waals surface area contributed by atoms with Gasteiger partial charge in [0.1, 0.15) is 5.75 Å². The molecule has 0 unspecified atom stereocenters. The zero-order valence-corrected chi connectivity index (χ0v) is 12.2. The second kappa shape index (κ2) is 8.15. The van der Waals surface area contributed by atoms with Gasteiger partial charge in [0.15, 0.2) is 0 Å². The van der Waals surface area contributed by atoms with Gasteiger partial charge in [0.05, 0.1) is 6.10 Å². The smallest absolute Gasteiger partial charge is 0.120 e. The molecule has 0 fully saturated rings. The van der Waals surface area contributed by atoms with Crippen LogP contribution in [-0.2, 0) is 0 Å². The third-order valence-electron chi connectivity index (χ3n) is 3.25. The van der Waals surface area contributed by atoms with Crippen molar-refractivity contribution in [3.05, 3.63) is 29.8 Å². The van der Waals surface area contributed by atoms with E-state index in [2.05, 4.69) is 51.2 Å². The largest absolute Gasteiger partial charge is 0.491 e. The highest BCUT2D eigenvalue weighted by molar-refractivity contribution is 5.30. The third-order valence-corrected chi connectivity index (χ3v) is 3.25. The Labute approximate surface area is 112 Å². The van der Waals surface area contributed by atoms with Gasteiger partial charge in [-0.1, -0.05) is 32.4 Å². The summed E-state index contributed by atoms with van der Waals surface area (Å²) in [4.78, 5) is 0. The quantitative estimate of drug-likeness (QED) is 0.693. The lowest BCUT2D eigenvalue weighted by Crippen LogP contribution is -2.19. The van der Waals surface area contributed by atoms with Crippen molar-refractivity contribution in [2.45, 2.75) is 59.1 Å². The maximum absolute atomic E-state index is 5.85. The summed E-state index contributed by atoms with van der Waals surface area (Å²) in [6.45, 7) is 9.75. The van der Waals surface area contributed by atoms with Crippen molar-refractivity contribution in [1.29, 1.82) is 0 Å². The normalized spacial score (nSPS) is 14.2. The second-order valence-electron chi connectivity index (χ2n) is 4.94. The maximum atomic E-state index is 5.85. The third kappa shape index (κ3) is 5.09. The summed E-state index contributed by atoms with van der Waals surface area (Å²) >= 11 is 0. The van der Waals surface area contributed by atoms with E-state index in [-0.39, 0.29) is 6.10 Å². The molecule has 0 amide bonds. The number of nitrogens with one attached hydrogen (secondary N) is 1. The van der Waals surface area contributed by atoms with E-state index in [0.717, 1.165) is 18.7 Å². The first-order valence-corrected chi connectivity index (χ1v) is 7.17. The molecular formula is C16H27NO. The molecule has 18 heavy (non-hydrogen) atoms. The minimum Gasteiger partial charge on any atom is -0.491 e. The molecule has 0 spiro atoms. The van der Waals surface area contributed by atoms with Crippen molar-refractivity contribution in [2.24, 2.45) is 0 Å². The van der Waals surface area contributed by atoms with Gasteiger partial charge in [0, 0.05) is 6.04 Å². The van der Waals surface area contributed by atoms with E-state index in [1.807, 2.05) is 6.07 Å². The van der Waals surface area contributed by atoms with Crippen LogP contribution in [0.5, 0.6) is 5.75 Å². The zero-order valence-electron chi connectivity index (χ0n) is 12.2. The molecule has 102 valence electrons. The Morgan fingerprint density at radius 2 is 2.00 bits per heavy atom. The molecule has 0 saturated carbocycles. The molecule has 1 rings (SSSR count). The molecule has 0 bridgehead atoms. The molecular weight excluding hydrogens is 222 g/mol. The lowest BCUT2D eigenvalue weighted by atomic mass is 10.1. The van der Waals surface area contributed by atoms with Gasteiger partial charge in [-0.15, -0.1) is 0 Å². The first-order chi connectivity index (χ1) is 8.67. The molecule has 0 aliphatic heterocycles. The van der Waals surface area contributed by atoms with E-state index in [1.54, 1.807) is 0 Å². The number of hydrogen-bond acceptors (Lipinski definition) is 2. The van der Waals surface area contributed by atoms with E-state index in [4.69, 9.17) is 4.74 Å². The van der Waals surface area contributed by atoms with E-state index in [0.29, 0.717) is 6.04 Å². The van der Waals surface area contributed by atoms with Gasteiger partial charge in [-0.05, 0) is 50.9 Å². The summed E-state index contributed by atoms with van der Waals surface area (Å²) in [5.41, 5.74) is 1.30. The van der Waals surface area contributed by atoms with Crippen molar-refractivity contribution in [3.8, 4) is 5.75 Å². The lowest BCUT2D eigenvalue weighted by molar-refractivity contribution is 0.217. The fourth-order valence-corrected chi connectivity index (χ4v) is 1.79. The minimum absolute atomic E-state index is 0.281. The molecule has 0 aromatic heterocycles. The van der Waals surface area contributed by atoms with Crippen molar-refractivity contribution in [2.75, 3.05) is 6.54 Å². The standard InChI is InChI=1S/C16H27NO/c1-5-7-11-17-14(4)15-9-8-10-16(12-15)18-13(3)6-2/h8-10,12-14,17H,5-7,11H2,1-4H3/t13-,14-/m0/s1. The molecule has 0 radical (unpaired) electrons. The Kier molecular flexibility index (Phi) is 6.81. The summed E-state index contributed by atoms with van der Waals surface area (Å²) in [5, 5.41) is 3.54. The molecule has 1 N–H and O–H groups in total. The summed E-state index contributed by atoms with van der Waals surface area (Å²) in [5.74, 6) is 0.978. The van der Waals surface area contributed by atoms with Gasteiger partial charge in [-0.2, -0.15) is 0 Å². The summed E-state index contributed by atoms with van der Waals surface area (Å²) in [6, 6.07) is 8.81. The molecule has 1 aromatic rings. The fraction of sp³-hybridized carbons (Fsp3) is 0.625. The highest BCUT2D eigenvalue weighted by atomic mass is 16.5. The average molecular weight is 249 g/mol. The molecule has 0 saturated heterocycles. The van der Waals surface area contributed by atoms with Crippen molar-refractivity contribution in [1.82, 2.24) is 5.32 Å². The number of hydrogen-bond donors (Lipinski definition) is 1. The molecule has 1 aromatic carbocycles. The van der Waals surface area contributed by atoms with E-state index in [1.165, 1.54) is 18.4 Å². The van der Waals surface area contributed by atoms with Gasteiger partial charge in [0.2, 0.25) is 0 Å². The first kappa shape index (κ1) is 15.0. The van der Waals surface area contributed by atoms with Crippen LogP contribution in [0.2, 0.25) is 0 Å². The molecule has 0 heterocycles. The molecule has 0 aliphatic carbocycles. The Balaban J connectivity index is 2.57. The summed E-state index contributed by atoms with van der Waals surface area (Å²) in [6.07, 6.45) is 3.78. The second-order valence-corrected chi connectivity index (χ2v) is 4.94. The minimum atomic E-state index is 0.281. The summed E-state index contributed by atoms with van der Waals surface area (Å²) < 4.78 is 5.85. The number of rotatable bonds is 8. The van der Waals surface area contributed by atoms with E-state index < -0.39 is 0 Å². The summed E-state index contributed by atoms with van der Waals surface area (Å²) in [7, 11) is 0. The Morgan fingerprint density at radius 3 is 2.67 bits per heavy atom.